The maximum Gasteiger partial charge on any atom is 0.573 e. The van der Waals surface area contributed by atoms with E-state index in [0.29, 0.717) is 11.4 Å². The number of nitrogens with two attached hydrogens (primary N) is 1. The van der Waals surface area contributed by atoms with Gasteiger partial charge in [0.25, 0.3) is 0 Å². The first kappa shape index (κ1) is 13.1. The standard InChI is InChI=1S/C13H11F3N2O/c14-13(15,16)19-12-6-4-10(5-7-12)18-11-3-1-2-9(17)8-11/h1-8,18H,17H2. The van der Waals surface area contributed by atoms with Gasteiger partial charge >= 0.3 is 6.36 Å². The van der Waals surface area contributed by atoms with Crippen LogP contribution in [-0.4, -0.2) is 6.36 Å². The van der Waals surface area contributed by atoms with Crippen LogP contribution in [0.1, 0.15) is 0 Å². The van der Waals surface area contributed by atoms with E-state index in [1.54, 1.807) is 24.3 Å². The highest BCUT2D eigenvalue weighted by Crippen LogP contribution is 2.25. The summed E-state index contributed by atoms with van der Waals surface area (Å²) in [6.07, 6.45) is -4.68. The third-order valence-corrected chi connectivity index (χ3v) is 2.26. The molecule has 0 radical (unpaired) electrons. The van der Waals surface area contributed by atoms with E-state index in [0.717, 1.165) is 5.69 Å². The zero-order chi connectivity index (χ0) is 13.9. The molecule has 0 unspecified atom stereocenters. The van der Waals surface area contributed by atoms with Crippen LogP contribution >= 0.6 is 0 Å². The van der Waals surface area contributed by atoms with E-state index in [1.807, 2.05) is 0 Å². The molecule has 0 aliphatic carbocycles. The summed E-state index contributed by atoms with van der Waals surface area (Å²) in [5, 5.41) is 3.02. The average Bonchev–Trinajstić information content (AvgIpc) is 2.30. The fourth-order valence-electron chi connectivity index (χ4n) is 1.52. The fourth-order valence-corrected chi connectivity index (χ4v) is 1.52. The summed E-state index contributed by atoms with van der Waals surface area (Å²) < 4.78 is 39.7. The second-order valence-corrected chi connectivity index (χ2v) is 3.82. The third-order valence-electron chi connectivity index (χ3n) is 2.26. The van der Waals surface area contributed by atoms with Crippen molar-refractivity contribution in [3.8, 4) is 5.75 Å². The van der Waals surface area contributed by atoms with Crippen LogP contribution in [0.5, 0.6) is 5.75 Å². The van der Waals surface area contributed by atoms with Crippen LogP contribution in [0.4, 0.5) is 30.2 Å². The molecule has 3 nitrogen and oxygen atoms in total. The van der Waals surface area contributed by atoms with Gasteiger partial charge in [0.1, 0.15) is 5.75 Å². The summed E-state index contributed by atoms with van der Waals surface area (Å²) in [6.45, 7) is 0. The number of anilines is 3. The van der Waals surface area contributed by atoms with E-state index in [2.05, 4.69) is 10.1 Å². The third kappa shape index (κ3) is 4.09. The molecule has 0 amide bonds. The highest BCUT2D eigenvalue weighted by atomic mass is 19.4. The molecule has 0 saturated heterocycles. The van der Waals surface area contributed by atoms with Crippen molar-refractivity contribution in [1.82, 2.24) is 0 Å². The summed E-state index contributed by atoms with van der Waals surface area (Å²) in [5.74, 6) is -0.259. The van der Waals surface area contributed by atoms with Crippen LogP contribution in [0.25, 0.3) is 0 Å². The molecule has 6 heteroatoms. The lowest BCUT2D eigenvalue weighted by Gasteiger charge is -2.10. The van der Waals surface area contributed by atoms with Crippen molar-refractivity contribution in [3.05, 3.63) is 48.5 Å². The molecule has 0 atom stereocenters. The lowest BCUT2D eigenvalue weighted by Crippen LogP contribution is -2.16. The van der Waals surface area contributed by atoms with Crippen molar-refractivity contribution in [1.29, 1.82) is 0 Å². The van der Waals surface area contributed by atoms with Gasteiger partial charge in [0.05, 0.1) is 0 Å². The normalized spacial score (nSPS) is 11.1. The second-order valence-electron chi connectivity index (χ2n) is 3.82. The molecule has 2 aromatic carbocycles. The van der Waals surface area contributed by atoms with Crippen LogP contribution in [0.3, 0.4) is 0 Å². The molecule has 0 aromatic heterocycles. The minimum Gasteiger partial charge on any atom is -0.406 e. The number of halogens is 3. The molecule has 0 bridgehead atoms. The first-order valence-electron chi connectivity index (χ1n) is 5.41. The van der Waals surface area contributed by atoms with E-state index in [4.69, 9.17) is 5.73 Å². The molecule has 0 saturated carbocycles. The predicted octanol–water partition coefficient (Wildman–Crippen LogP) is 3.91. The Hall–Kier alpha value is -2.37. The van der Waals surface area contributed by atoms with Gasteiger partial charge in [-0.3, -0.25) is 0 Å². The van der Waals surface area contributed by atoms with Gasteiger partial charge in [0.2, 0.25) is 0 Å². The maximum absolute atomic E-state index is 12.0. The Bertz CT molecular complexity index is 553. The van der Waals surface area contributed by atoms with Gasteiger partial charge in [-0.1, -0.05) is 6.07 Å². The lowest BCUT2D eigenvalue weighted by atomic mass is 10.2. The summed E-state index contributed by atoms with van der Waals surface area (Å²) in [4.78, 5) is 0. The lowest BCUT2D eigenvalue weighted by molar-refractivity contribution is -0.274. The Balaban J connectivity index is 2.07. The van der Waals surface area contributed by atoms with Crippen molar-refractivity contribution in [3.63, 3.8) is 0 Å². The summed E-state index contributed by atoms with van der Waals surface area (Å²) >= 11 is 0. The number of hydrogen-bond acceptors (Lipinski definition) is 3. The Morgan fingerprint density at radius 2 is 1.63 bits per heavy atom. The van der Waals surface area contributed by atoms with Gasteiger partial charge in [0, 0.05) is 17.1 Å². The van der Waals surface area contributed by atoms with Gasteiger partial charge in [-0.25, -0.2) is 0 Å². The number of alkyl halides is 3. The molecular formula is C13H11F3N2O. The van der Waals surface area contributed by atoms with E-state index in [-0.39, 0.29) is 5.75 Å². The Kier molecular flexibility index (Phi) is 3.50. The van der Waals surface area contributed by atoms with Crippen LogP contribution in [-0.2, 0) is 0 Å². The molecule has 0 heterocycles. The number of hydrogen-bond donors (Lipinski definition) is 2. The largest absolute Gasteiger partial charge is 0.573 e. The topological polar surface area (TPSA) is 47.3 Å². The minimum absolute atomic E-state index is 0.259. The molecular weight excluding hydrogens is 257 g/mol. The Morgan fingerprint density at radius 3 is 2.21 bits per heavy atom. The van der Waals surface area contributed by atoms with Crippen molar-refractivity contribution < 1.29 is 17.9 Å². The highest BCUT2D eigenvalue weighted by Gasteiger charge is 2.30. The summed E-state index contributed by atoms with van der Waals surface area (Å²) in [7, 11) is 0. The van der Waals surface area contributed by atoms with E-state index in [1.165, 1.54) is 24.3 Å². The first-order valence-corrected chi connectivity index (χ1v) is 5.41. The second kappa shape index (κ2) is 5.09. The van der Waals surface area contributed by atoms with Crippen LogP contribution in [0.2, 0.25) is 0 Å². The molecule has 0 fully saturated rings. The molecule has 0 aliphatic rings. The molecule has 0 aliphatic heterocycles. The summed E-state index contributed by atoms with van der Waals surface area (Å²) in [6, 6.07) is 12.5. The van der Waals surface area contributed by atoms with E-state index >= 15 is 0 Å². The SMILES string of the molecule is Nc1cccc(Nc2ccc(OC(F)(F)F)cc2)c1. The van der Waals surface area contributed by atoms with Gasteiger partial charge < -0.3 is 15.8 Å². The monoisotopic (exact) mass is 268 g/mol. The molecule has 19 heavy (non-hydrogen) atoms. The minimum atomic E-state index is -4.68. The number of benzene rings is 2. The van der Waals surface area contributed by atoms with Crippen molar-refractivity contribution in [2.75, 3.05) is 11.1 Å². The number of ether oxygens (including phenoxy) is 1. The van der Waals surface area contributed by atoms with Gasteiger partial charge in [-0.15, -0.1) is 13.2 Å². The van der Waals surface area contributed by atoms with Gasteiger partial charge in [-0.2, -0.15) is 0 Å². The number of nitrogens with one attached hydrogen (secondary N) is 1. The Labute approximate surface area is 107 Å². The zero-order valence-corrected chi connectivity index (χ0v) is 9.74. The average molecular weight is 268 g/mol. The van der Waals surface area contributed by atoms with Gasteiger partial charge in [0.15, 0.2) is 0 Å². The molecule has 0 spiro atoms. The van der Waals surface area contributed by atoms with E-state index < -0.39 is 6.36 Å². The van der Waals surface area contributed by atoms with Crippen molar-refractivity contribution in [2.45, 2.75) is 6.36 Å². The molecule has 3 N–H and O–H groups in total. The van der Waals surface area contributed by atoms with Crippen LogP contribution in [0, 0.1) is 0 Å². The number of rotatable bonds is 3. The van der Waals surface area contributed by atoms with Crippen molar-refractivity contribution in [2.24, 2.45) is 0 Å². The smallest absolute Gasteiger partial charge is 0.406 e. The van der Waals surface area contributed by atoms with Crippen molar-refractivity contribution >= 4 is 17.1 Å². The van der Waals surface area contributed by atoms with Crippen LogP contribution < -0.4 is 15.8 Å². The molecule has 2 rings (SSSR count). The zero-order valence-electron chi connectivity index (χ0n) is 9.74. The molecule has 2 aromatic rings. The first-order chi connectivity index (χ1) is 8.92. The number of nitrogen functional groups attached to an aromatic ring is 1. The van der Waals surface area contributed by atoms with Crippen LogP contribution in [0.15, 0.2) is 48.5 Å². The predicted molar refractivity (Wildman–Crippen MR) is 67.3 cm³/mol. The molecule has 100 valence electrons. The fraction of sp³-hybridized carbons (Fsp3) is 0.0769. The Morgan fingerprint density at radius 1 is 0.947 bits per heavy atom. The summed E-state index contributed by atoms with van der Waals surface area (Å²) in [5.41, 5.74) is 7.61. The quantitative estimate of drug-likeness (QED) is 0.830. The van der Waals surface area contributed by atoms with E-state index in [9.17, 15) is 13.2 Å². The maximum atomic E-state index is 12.0. The van der Waals surface area contributed by atoms with Gasteiger partial charge in [-0.05, 0) is 42.5 Å². The highest BCUT2D eigenvalue weighted by molar-refractivity contribution is 5.63.